The van der Waals surface area contributed by atoms with Crippen LogP contribution in [-0.4, -0.2) is 46.3 Å². The van der Waals surface area contributed by atoms with E-state index in [2.05, 4.69) is 31.5 Å². The van der Waals surface area contributed by atoms with Crippen LogP contribution < -0.4 is 10.6 Å². The van der Waals surface area contributed by atoms with Crippen LogP contribution in [0, 0.1) is 16.0 Å². The van der Waals surface area contributed by atoms with E-state index in [9.17, 15) is 19.7 Å². The van der Waals surface area contributed by atoms with Gasteiger partial charge in [0.25, 0.3) is 5.69 Å². The highest BCUT2D eigenvalue weighted by Gasteiger charge is 2.26. The van der Waals surface area contributed by atoms with Gasteiger partial charge < -0.3 is 10.6 Å². The minimum Gasteiger partial charge on any atom is -0.319 e. The van der Waals surface area contributed by atoms with Crippen molar-refractivity contribution < 1.29 is 14.5 Å². The van der Waals surface area contributed by atoms with Crippen LogP contribution in [-0.2, 0) is 9.59 Å². The minimum absolute atomic E-state index is 0.0798. The molecule has 0 atom stereocenters. The Morgan fingerprint density at radius 3 is 2.55 bits per heavy atom. The number of nitro benzene ring substituents is 1. The van der Waals surface area contributed by atoms with Gasteiger partial charge >= 0.3 is 0 Å². The fraction of sp³-hybridized carbons (Fsp3) is 0.316. The van der Waals surface area contributed by atoms with Gasteiger partial charge in [-0.3, -0.25) is 24.6 Å². The summed E-state index contributed by atoms with van der Waals surface area (Å²) in [6, 6.07) is 9.56. The molecular weight excluding hydrogens is 442 g/mol. The Labute approximate surface area is 175 Å². The Morgan fingerprint density at radius 2 is 1.90 bits per heavy atom. The number of amides is 2. The molecule has 2 aromatic rings. The van der Waals surface area contributed by atoms with Gasteiger partial charge in [0.1, 0.15) is 11.5 Å². The molecule has 0 bridgehead atoms. The van der Waals surface area contributed by atoms with Crippen molar-refractivity contribution in [1.29, 1.82) is 0 Å². The first kappa shape index (κ1) is 20.9. The third-order valence-electron chi connectivity index (χ3n) is 4.68. The standard InChI is InChI=1S/C19H20BrN5O4/c20-14-5-6-17(21-11-14)23-19(27)13-7-9-24(10-8-13)12-18(26)22-15-3-1-2-4-16(15)25(28)29/h1-6,11,13H,7-10,12H2,(H,22,26)(H,21,23,27). The van der Waals surface area contributed by atoms with Crippen molar-refractivity contribution in [2.24, 2.45) is 5.92 Å². The summed E-state index contributed by atoms with van der Waals surface area (Å²) in [4.78, 5) is 41.3. The van der Waals surface area contributed by atoms with E-state index in [1.54, 1.807) is 30.5 Å². The topological polar surface area (TPSA) is 117 Å². The van der Waals surface area contributed by atoms with Crippen LogP contribution in [0.1, 0.15) is 12.8 Å². The van der Waals surface area contributed by atoms with Gasteiger partial charge in [-0.2, -0.15) is 0 Å². The number of nitro groups is 1. The van der Waals surface area contributed by atoms with Crippen LogP contribution >= 0.6 is 15.9 Å². The summed E-state index contributed by atoms with van der Waals surface area (Å²) in [7, 11) is 0. The van der Waals surface area contributed by atoms with Gasteiger partial charge in [0.15, 0.2) is 0 Å². The van der Waals surface area contributed by atoms with Gasteiger partial charge in [-0.15, -0.1) is 0 Å². The summed E-state index contributed by atoms with van der Waals surface area (Å²) in [5.41, 5.74) is 0.0385. The highest BCUT2D eigenvalue weighted by atomic mass is 79.9. The number of likely N-dealkylation sites (tertiary alicyclic amines) is 1. The summed E-state index contributed by atoms with van der Waals surface area (Å²) >= 11 is 3.30. The van der Waals surface area contributed by atoms with Crippen molar-refractivity contribution in [3.63, 3.8) is 0 Å². The first-order valence-electron chi connectivity index (χ1n) is 9.10. The van der Waals surface area contributed by atoms with E-state index in [0.29, 0.717) is 31.7 Å². The number of carbonyl (C=O) groups is 2. The molecule has 0 spiro atoms. The van der Waals surface area contributed by atoms with Crippen molar-refractivity contribution in [1.82, 2.24) is 9.88 Å². The monoisotopic (exact) mass is 461 g/mol. The fourth-order valence-corrected chi connectivity index (χ4v) is 3.40. The smallest absolute Gasteiger partial charge is 0.292 e. The second-order valence-corrected chi connectivity index (χ2v) is 7.64. The normalized spacial score (nSPS) is 14.9. The van der Waals surface area contributed by atoms with E-state index in [0.717, 1.165) is 4.47 Å². The Bertz CT molecular complexity index is 898. The number of nitrogens with one attached hydrogen (secondary N) is 2. The molecule has 9 nitrogen and oxygen atoms in total. The molecule has 1 fully saturated rings. The average Bonchev–Trinajstić information content (AvgIpc) is 2.70. The number of aromatic nitrogens is 1. The largest absolute Gasteiger partial charge is 0.319 e. The highest BCUT2D eigenvalue weighted by Crippen LogP contribution is 2.24. The number of carbonyl (C=O) groups excluding carboxylic acids is 2. The molecule has 10 heteroatoms. The summed E-state index contributed by atoms with van der Waals surface area (Å²) < 4.78 is 0.836. The van der Waals surface area contributed by atoms with Crippen LogP contribution in [0.5, 0.6) is 0 Å². The Morgan fingerprint density at radius 1 is 1.17 bits per heavy atom. The van der Waals surface area contributed by atoms with Crippen LogP contribution in [0.2, 0.25) is 0 Å². The lowest BCUT2D eigenvalue weighted by atomic mass is 9.96. The maximum atomic E-state index is 12.4. The number of benzene rings is 1. The molecule has 1 aliphatic rings. The molecule has 2 amide bonds. The second kappa shape index (κ2) is 9.57. The number of halogens is 1. The zero-order valence-electron chi connectivity index (χ0n) is 15.5. The summed E-state index contributed by atoms with van der Waals surface area (Å²) in [5, 5.41) is 16.4. The number of hydrogen-bond acceptors (Lipinski definition) is 6. The molecular formula is C19H20BrN5O4. The van der Waals surface area contributed by atoms with E-state index in [1.165, 1.54) is 12.1 Å². The molecule has 1 saturated heterocycles. The van der Waals surface area contributed by atoms with Crippen molar-refractivity contribution >= 4 is 44.9 Å². The van der Waals surface area contributed by atoms with Crippen molar-refractivity contribution in [3.8, 4) is 0 Å². The van der Waals surface area contributed by atoms with E-state index >= 15 is 0 Å². The molecule has 0 unspecified atom stereocenters. The molecule has 0 aliphatic carbocycles. The van der Waals surface area contributed by atoms with E-state index in [-0.39, 0.29) is 35.7 Å². The molecule has 0 radical (unpaired) electrons. The predicted molar refractivity (Wildman–Crippen MR) is 111 cm³/mol. The number of anilines is 2. The lowest BCUT2D eigenvalue weighted by molar-refractivity contribution is -0.383. The lowest BCUT2D eigenvalue weighted by Crippen LogP contribution is -2.41. The zero-order valence-corrected chi connectivity index (χ0v) is 17.1. The van der Waals surface area contributed by atoms with Gasteiger partial charge in [-0.25, -0.2) is 4.98 Å². The fourth-order valence-electron chi connectivity index (χ4n) is 3.16. The maximum Gasteiger partial charge on any atom is 0.292 e. The van der Waals surface area contributed by atoms with E-state index in [4.69, 9.17) is 0 Å². The molecule has 0 saturated carbocycles. The Kier molecular flexibility index (Phi) is 6.89. The van der Waals surface area contributed by atoms with Crippen LogP contribution in [0.3, 0.4) is 0 Å². The van der Waals surface area contributed by atoms with Gasteiger partial charge in [0.05, 0.1) is 11.5 Å². The molecule has 29 heavy (non-hydrogen) atoms. The lowest BCUT2D eigenvalue weighted by Gasteiger charge is -2.30. The molecule has 2 heterocycles. The zero-order chi connectivity index (χ0) is 20.8. The predicted octanol–water partition coefficient (Wildman–Crippen LogP) is 3.04. The Balaban J connectivity index is 1.47. The first-order valence-corrected chi connectivity index (χ1v) is 9.89. The summed E-state index contributed by atoms with van der Waals surface area (Å²) in [6.07, 6.45) is 2.87. The molecule has 152 valence electrons. The number of para-hydroxylation sites is 2. The molecule has 3 rings (SSSR count). The number of pyridine rings is 1. The highest BCUT2D eigenvalue weighted by molar-refractivity contribution is 9.10. The molecule has 2 N–H and O–H groups in total. The third kappa shape index (κ3) is 5.81. The first-order chi connectivity index (χ1) is 13.9. The second-order valence-electron chi connectivity index (χ2n) is 6.72. The molecule has 1 aromatic carbocycles. The number of hydrogen-bond donors (Lipinski definition) is 2. The van der Waals surface area contributed by atoms with Crippen LogP contribution in [0.4, 0.5) is 17.2 Å². The van der Waals surface area contributed by atoms with Gasteiger partial charge in [-0.1, -0.05) is 12.1 Å². The summed E-state index contributed by atoms with van der Waals surface area (Å²) in [6.45, 7) is 1.31. The van der Waals surface area contributed by atoms with Crippen molar-refractivity contribution in [2.75, 3.05) is 30.3 Å². The SMILES string of the molecule is O=C(CN1CCC(C(=O)Nc2ccc(Br)cn2)CC1)Nc1ccccc1[N+](=O)[O-]. The maximum absolute atomic E-state index is 12.4. The third-order valence-corrected chi connectivity index (χ3v) is 5.15. The summed E-state index contributed by atoms with van der Waals surface area (Å²) in [5.74, 6) is -0.0375. The number of nitrogens with zero attached hydrogens (tertiary/aromatic N) is 3. The van der Waals surface area contributed by atoms with E-state index in [1.807, 2.05) is 4.90 Å². The van der Waals surface area contributed by atoms with Crippen molar-refractivity contribution in [2.45, 2.75) is 12.8 Å². The van der Waals surface area contributed by atoms with E-state index < -0.39 is 4.92 Å². The van der Waals surface area contributed by atoms with Gasteiger partial charge in [0, 0.05) is 22.7 Å². The van der Waals surface area contributed by atoms with Gasteiger partial charge in [0.2, 0.25) is 11.8 Å². The minimum atomic E-state index is -0.528. The number of rotatable bonds is 6. The van der Waals surface area contributed by atoms with Crippen LogP contribution in [0.25, 0.3) is 0 Å². The quantitative estimate of drug-likeness (QED) is 0.504. The van der Waals surface area contributed by atoms with Gasteiger partial charge in [-0.05, 0) is 60.1 Å². The molecule has 1 aromatic heterocycles. The van der Waals surface area contributed by atoms with Crippen LogP contribution in [0.15, 0.2) is 47.1 Å². The Hall–Kier alpha value is -2.85. The van der Waals surface area contributed by atoms with Crippen molar-refractivity contribution in [3.05, 3.63) is 57.2 Å². The molecule has 1 aliphatic heterocycles. The number of piperidine rings is 1. The average molecular weight is 462 g/mol.